The smallest absolute Gasteiger partial charge is 0.122 e. The van der Waals surface area contributed by atoms with Crippen molar-refractivity contribution in [1.82, 2.24) is 0 Å². The van der Waals surface area contributed by atoms with Crippen LogP contribution in [0.15, 0.2) is 36.4 Å². The lowest BCUT2D eigenvalue weighted by Crippen LogP contribution is -2.14. The van der Waals surface area contributed by atoms with Gasteiger partial charge in [-0.1, -0.05) is 30.3 Å². The zero-order valence-electron chi connectivity index (χ0n) is 14.9. The summed E-state index contributed by atoms with van der Waals surface area (Å²) in [5, 5.41) is 0. The Morgan fingerprint density at radius 3 is 2.30 bits per heavy atom. The Hall–Kier alpha value is -1.80. The topological polar surface area (TPSA) is 35.2 Å². The zero-order valence-corrected chi connectivity index (χ0v) is 14.9. The fourth-order valence-corrected chi connectivity index (χ4v) is 3.05. The maximum atomic E-state index is 5.99. The van der Waals surface area contributed by atoms with E-state index in [4.69, 9.17) is 10.5 Å². The molecule has 0 bridgehead atoms. The van der Waals surface area contributed by atoms with Gasteiger partial charge in [-0.3, -0.25) is 0 Å². The molecule has 0 aromatic heterocycles. The Balaban J connectivity index is 1.89. The second-order valence-corrected chi connectivity index (χ2v) is 6.48. The minimum absolute atomic E-state index is 0.417. The molecule has 124 valence electrons. The van der Waals surface area contributed by atoms with Gasteiger partial charge in [-0.05, 0) is 86.9 Å². The van der Waals surface area contributed by atoms with Crippen molar-refractivity contribution in [3.05, 3.63) is 64.2 Å². The highest BCUT2D eigenvalue weighted by molar-refractivity contribution is 5.40. The van der Waals surface area contributed by atoms with E-state index in [0.717, 1.165) is 25.2 Å². The number of rotatable bonds is 7. The van der Waals surface area contributed by atoms with Crippen LogP contribution < -0.4 is 10.5 Å². The molecule has 2 N–H and O–H groups in total. The normalized spacial score (nSPS) is 12.2. The summed E-state index contributed by atoms with van der Waals surface area (Å²) >= 11 is 0. The van der Waals surface area contributed by atoms with Gasteiger partial charge < -0.3 is 10.5 Å². The average Bonchev–Trinajstić information content (AvgIpc) is 2.53. The Kier molecular flexibility index (Phi) is 6.23. The van der Waals surface area contributed by atoms with Crippen molar-refractivity contribution in [2.45, 2.75) is 46.5 Å². The summed E-state index contributed by atoms with van der Waals surface area (Å²) < 4.78 is 5.99. The molecule has 0 saturated carbocycles. The molecule has 23 heavy (non-hydrogen) atoms. The van der Waals surface area contributed by atoms with Gasteiger partial charge in [0.1, 0.15) is 5.75 Å². The van der Waals surface area contributed by atoms with Gasteiger partial charge in [0.05, 0.1) is 6.61 Å². The molecule has 0 aliphatic carbocycles. The van der Waals surface area contributed by atoms with Gasteiger partial charge in [0.15, 0.2) is 0 Å². The third-order valence-electron chi connectivity index (χ3n) is 4.66. The molecule has 0 spiro atoms. The molecular formula is C21H29NO. The van der Waals surface area contributed by atoms with Crippen molar-refractivity contribution >= 4 is 0 Å². The van der Waals surface area contributed by atoms with Gasteiger partial charge in [0, 0.05) is 0 Å². The molecule has 1 atom stereocenters. The molecule has 2 heteroatoms. The fraction of sp³-hybridized carbons (Fsp3) is 0.429. The number of nitrogens with two attached hydrogens (primary N) is 1. The van der Waals surface area contributed by atoms with Gasteiger partial charge in [-0.15, -0.1) is 0 Å². The second kappa shape index (κ2) is 8.16. The number of ether oxygens (including phenoxy) is 1. The third kappa shape index (κ3) is 4.59. The molecular weight excluding hydrogens is 282 g/mol. The molecule has 0 amide bonds. The molecule has 2 aromatic rings. The van der Waals surface area contributed by atoms with Gasteiger partial charge in [-0.25, -0.2) is 0 Å². The number of aryl methyl sites for hydroxylation is 4. The Morgan fingerprint density at radius 1 is 0.913 bits per heavy atom. The lowest BCUT2D eigenvalue weighted by molar-refractivity contribution is 0.299. The van der Waals surface area contributed by atoms with E-state index in [1.165, 1.54) is 27.8 Å². The summed E-state index contributed by atoms with van der Waals surface area (Å²) in [7, 11) is 0. The first-order valence-corrected chi connectivity index (χ1v) is 8.49. The summed E-state index contributed by atoms with van der Waals surface area (Å²) in [6, 6.07) is 12.9. The first-order chi connectivity index (χ1) is 11.0. The van der Waals surface area contributed by atoms with Crippen molar-refractivity contribution in [3.63, 3.8) is 0 Å². The van der Waals surface area contributed by atoms with Crippen molar-refractivity contribution < 1.29 is 4.74 Å². The van der Waals surface area contributed by atoms with Crippen LogP contribution in [0.25, 0.3) is 0 Å². The average molecular weight is 311 g/mol. The number of hydrogen-bond acceptors (Lipinski definition) is 2. The molecule has 0 aliphatic heterocycles. The van der Waals surface area contributed by atoms with Gasteiger partial charge in [-0.2, -0.15) is 0 Å². The van der Waals surface area contributed by atoms with Gasteiger partial charge in [0.2, 0.25) is 0 Å². The molecule has 2 rings (SSSR count). The van der Waals surface area contributed by atoms with Crippen LogP contribution in [-0.4, -0.2) is 13.2 Å². The van der Waals surface area contributed by atoms with Crippen LogP contribution in [-0.2, 0) is 0 Å². The van der Waals surface area contributed by atoms with Crippen molar-refractivity contribution in [1.29, 1.82) is 0 Å². The van der Waals surface area contributed by atoms with E-state index in [1.54, 1.807) is 0 Å². The highest BCUT2D eigenvalue weighted by Gasteiger charge is 2.12. The molecule has 2 aromatic carbocycles. The minimum Gasteiger partial charge on any atom is -0.493 e. The lowest BCUT2D eigenvalue weighted by atomic mass is 9.91. The molecule has 1 unspecified atom stereocenters. The molecule has 0 fully saturated rings. The fourth-order valence-electron chi connectivity index (χ4n) is 3.05. The number of hydrogen-bond donors (Lipinski definition) is 1. The molecule has 2 nitrogen and oxygen atoms in total. The molecule has 0 aliphatic rings. The van der Waals surface area contributed by atoms with Crippen molar-refractivity contribution in [2.75, 3.05) is 13.2 Å². The second-order valence-electron chi connectivity index (χ2n) is 6.48. The van der Waals surface area contributed by atoms with E-state index in [-0.39, 0.29) is 0 Å². The summed E-state index contributed by atoms with van der Waals surface area (Å²) in [5.41, 5.74) is 12.5. The Morgan fingerprint density at radius 2 is 1.61 bits per heavy atom. The zero-order chi connectivity index (χ0) is 16.8. The predicted molar refractivity (Wildman–Crippen MR) is 98.4 cm³/mol. The lowest BCUT2D eigenvalue weighted by Gasteiger charge is -2.18. The van der Waals surface area contributed by atoms with Crippen LogP contribution >= 0.6 is 0 Å². The Bertz CT molecular complexity index is 648. The van der Waals surface area contributed by atoms with E-state index >= 15 is 0 Å². The van der Waals surface area contributed by atoms with E-state index in [1.807, 2.05) is 0 Å². The standard InChI is InChI=1S/C21H29NO/c1-15-8-5-6-10-20(15)19(14-22)9-7-11-23-21-13-17(3)16(2)12-18(21)4/h5-6,8,10,12-13,19H,7,9,11,14,22H2,1-4H3. The van der Waals surface area contributed by atoms with Crippen LogP contribution in [0.4, 0.5) is 0 Å². The highest BCUT2D eigenvalue weighted by atomic mass is 16.5. The third-order valence-corrected chi connectivity index (χ3v) is 4.66. The van der Waals surface area contributed by atoms with Crippen molar-refractivity contribution in [3.8, 4) is 5.75 Å². The molecule has 0 heterocycles. The monoisotopic (exact) mass is 311 g/mol. The SMILES string of the molecule is Cc1cc(C)c(OCCCC(CN)c2ccccc2C)cc1C. The Labute approximate surface area is 140 Å². The van der Waals surface area contributed by atoms with E-state index < -0.39 is 0 Å². The first-order valence-electron chi connectivity index (χ1n) is 8.49. The largest absolute Gasteiger partial charge is 0.493 e. The molecule has 0 radical (unpaired) electrons. The van der Waals surface area contributed by atoms with Crippen LogP contribution in [0, 0.1) is 27.7 Å². The quantitative estimate of drug-likeness (QED) is 0.744. The highest BCUT2D eigenvalue weighted by Crippen LogP contribution is 2.25. The first kappa shape index (κ1) is 17.6. The van der Waals surface area contributed by atoms with E-state index in [0.29, 0.717) is 12.5 Å². The van der Waals surface area contributed by atoms with Crippen LogP contribution in [0.3, 0.4) is 0 Å². The maximum absolute atomic E-state index is 5.99. The van der Waals surface area contributed by atoms with Crippen LogP contribution in [0.2, 0.25) is 0 Å². The number of benzene rings is 2. The maximum Gasteiger partial charge on any atom is 0.122 e. The van der Waals surface area contributed by atoms with Crippen LogP contribution in [0.5, 0.6) is 5.75 Å². The molecule has 0 saturated heterocycles. The van der Waals surface area contributed by atoms with E-state index in [9.17, 15) is 0 Å². The van der Waals surface area contributed by atoms with Gasteiger partial charge in [0.25, 0.3) is 0 Å². The van der Waals surface area contributed by atoms with Crippen molar-refractivity contribution in [2.24, 2.45) is 5.73 Å². The van der Waals surface area contributed by atoms with E-state index in [2.05, 4.69) is 64.1 Å². The summed E-state index contributed by atoms with van der Waals surface area (Å²) in [6.45, 7) is 9.97. The van der Waals surface area contributed by atoms with Gasteiger partial charge >= 0.3 is 0 Å². The van der Waals surface area contributed by atoms with Crippen LogP contribution in [0.1, 0.15) is 46.6 Å². The minimum atomic E-state index is 0.417. The summed E-state index contributed by atoms with van der Waals surface area (Å²) in [5.74, 6) is 1.42. The predicted octanol–water partition coefficient (Wildman–Crippen LogP) is 4.82. The summed E-state index contributed by atoms with van der Waals surface area (Å²) in [4.78, 5) is 0. The summed E-state index contributed by atoms with van der Waals surface area (Å²) in [6.07, 6.45) is 2.08.